The van der Waals surface area contributed by atoms with Gasteiger partial charge in [-0.25, -0.2) is 4.79 Å². The van der Waals surface area contributed by atoms with Gasteiger partial charge in [-0.3, -0.25) is 4.79 Å². The van der Waals surface area contributed by atoms with Crippen LogP contribution in [-0.4, -0.2) is 43.7 Å². The third-order valence-corrected chi connectivity index (χ3v) is 13.5. The summed E-state index contributed by atoms with van der Waals surface area (Å²) in [6, 6.07) is 9.55. The Balaban J connectivity index is 1.21. The number of rotatable bonds is 9. The summed E-state index contributed by atoms with van der Waals surface area (Å²) in [5, 5.41) is 0. The fraction of sp³-hybridized carbons (Fsp3) is 0.789. The topological polar surface area (TPSA) is 71.1 Å². The molecular formula is C38H56O6. The monoisotopic (exact) mass is 608 g/mol. The van der Waals surface area contributed by atoms with Crippen molar-refractivity contribution in [2.24, 2.45) is 52.3 Å². The van der Waals surface area contributed by atoms with Gasteiger partial charge in [0.25, 0.3) is 0 Å². The van der Waals surface area contributed by atoms with Crippen molar-refractivity contribution in [2.45, 2.75) is 117 Å². The molecule has 0 N–H and O–H groups in total. The van der Waals surface area contributed by atoms with Gasteiger partial charge < -0.3 is 18.9 Å². The Hall–Kier alpha value is -1.92. The highest BCUT2D eigenvalue weighted by atomic mass is 16.7. The lowest BCUT2D eigenvalue weighted by atomic mass is 9.43. The highest BCUT2D eigenvalue weighted by Gasteiger charge is 2.65. The van der Waals surface area contributed by atoms with Gasteiger partial charge in [-0.05, 0) is 104 Å². The second kappa shape index (κ2) is 12.7. The van der Waals surface area contributed by atoms with Gasteiger partial charge in [0.2, 0.25) is 0 Å². The molecule has 1 aromatic carbocycles. The molecule has 0 amide bonds. The van der Waals surface area contributed by atoms with Crippen molar-refractivity contribution in [3.05, 3.63) is 35.9 Å². The molecule has 10 atom stereocenters. The van der Waals surface area contributed by atoms with Crippen LogP contribution in [-0.2, 0) is 23.7 Å². The minimum atomic E-state index is -0.438. The zero-order valence-electron chi connectivity index (χ0n) is 27.9. The van der Waals surface area contributed by atoms with Gasteiger partial charge in [-0.2, -0.15) is 0 Å². The number of benzene rings is 1. The summed E-state index contributed by atoms with van der Waals surface area (Å²) in [5.74, 6) is 2.49. The van der Waals surface area contributed by atoms with Gasteiger partial charge in [0.15, 0.2) is 5.79 Å². The Labute approximate surface area is 265 Å². The maximum Gasteiger partial charge on any atom is 0.338 e. The first kappa shape index (κ1) is 32.0. The van der Waals surface area contributed by atoms with Crippen molar-refractivity contribution < 1.29 is 28.5 Å². The molecule has 0 radical (unpaired) electrons. The maximum absolute atomic E-state index is 13.6. The average Bonchev–Trinajstić information content (AvgIpc) is 3.62. The second-order valence-corrected chi connectivity index (χ2v) is 15.6. The highest BCUT2D eigenvalue weighted by molar-refractivity contribution is 5.89. The molecule has 1 heterocycles. The predicted octanol–water partition coefficient (Wildman–Crippen LogP) is 8.23. The molecule has 0 bridgehead atoms. The number of hydrogen-bond acceptors (Lipinski definition) is 6. The summed E-state index contributed by atoms with van der Waals surface area (Å²) in [5.41, 5.74) is 1.12. The van der Waals surface area contributed by atoms with Crippen LogP contribution in [0.15, 0.2) is 30.3 Å². The summed E-state index contributed by atoms with van der Waals surface area (Å²) in [6.07, 6.45) is 11.9. The van der Waals surface area contributed by atoms with Gasteiger partial charge >= 0.3 is 11.9 Å². The molecular weight excluding hydrogens is 552 g/mol. The van der Waals surface area contributed by atoms with E-state index in [1.807, 2.05) is 44.2 Å². The number of fused-ring (bicyclic) bond motifs is 5. The summed E-state index contributed by atoms with van der Waals surface area (Å²) in [7, 11) is 0. The van der Waals surface area contributed by atoms with Crippen molar-refractivity contribution >= 4 is 11.9 Å². The van der Waals surface area contributed by atoms with Crippen LogP contribution in [0.4, 0.5) is 0 Å². The summed E-state index contributed by atoms with van der Waals surface area (Å²) >= 11 is 0. The molecule has 1 aliphatic heterocycles. The molecule has 0 aromatic heterocycles. The standard InChI is InChI=1S/C38H56O6/c1-6-41-34(39)26(3)12-10-11-25(2)29-15-16-30-33-31(17-18-37(29,30)5)36(4)19-20-38(42-21-22-43-38)24-28(36)23-32(33)44-35(40)27-13-8-7-9-14-27/h7-9,13-14,25-26,28-33H,6,10-12,15-24H2,1-5H3/t25-,26?,28?,29?,30?,31?,32-,33?,36?,37?/m1/s1. The van der Waals surface area contributed by atoms with E-state index < -0.39 is 5.79 Å². The van der Waals surface area contributed by atoms with Crippen LogP contribution in [0.25, 0.3) is 0 Å². The number of carbonyl (C=O) groups is 2. The molecule has 6 rings (SSSR count). The summed E-state index contributed by atoms with van der Waals surface area (Å²) in [6.45, 7) is 13.3. The first-order valence-corrected chi connectivity index (χ1v) is 17.8. The van der Waals surface area contributed by atoms with Gasteiger partial charge in [-0.15, -0.1) is 0 Å². The Morgan fingerprint density at radius 2 is 1.66 bits per heavy atom. The van der Waals surface area contributed by atoms with E-state index in [4.69, 9.17) is 18.9 Å². The van der Waals surface area contributed by atoms with Gasteiger partial charge in [0.1, 0.15) is 6.10 Å². The van der Waals surface area contributed by atoms with E-state index in [-0.39, 0.29) is 34.8 Å². The normalized spacial score (nSPS) is 38.7. The van der Waals surface area contributed by atoms with Crippen LogP contribution >= 0.6 is 0 Å². The van der Waals surface area contributed by atoms with Crippen molar-refractivity contribution in [2.75, 3.05) is 19.8 Å². The smallest absolute Gasteiger partial charge is 0.338 e. The Kier molecular flexibility index (Phi) is 9.25. The summed E-state index contributed by atoms with van der Waals surface area (Å²) in [4.78, 5) is 25.8. The lowest BCUT2D eigenvalue weighted by Crippen LogP contribution is -2.60. The molecule has 4 saturated carbocycles. The number of esters is 2. The molecule has 5 fully saturated rings. The molecule has 4 aliphatic carbocycles. The fourth-order valence-electron chi connectivity index (χ4n) is 11.1. The molecule has 1 spiro atoms. The van der Waals surface area contributed by atoms with Crippen LogP contribution in [0.5, 0.6) is 0 Å². The molecule has 6 heteroatoms. The number of carbonyl (C=O) groups excluding carboxylic acids is 2. The first-order chi connectivity index (χ1) is 21.1. The minimum Gasteiger partial charge on any atom is -0.466 e. The quantitative estimate of drug-likeness (QED) is 0.263. The maximum atomic E-state index is 13.6. The van der Waals surface area contributed by atoms with E-state index in [9.17, 15) is 9.59 Å². The molecule has 8 unspecified atom stereocenters. The van der Waals surface area contributed by atoms with Crippen molar-refractivity contribution in [3.8, 4) is 0 Å². The van der Waals surface area contributed by atoms with Crippen LogP contribution in [0.3, 0.4) is 0 Å². The Morgan fingerprint density at radius 3 is 2.39 bits per heavy atom. The Bertz CT molecular complexity index is 1160. The molecule has 44 heavy (non-hydrogen) atoms. The van der Waals surface area contributed by atoms with E-state index in [0.29, 0.717) is 60.9 Å². The van der Waals surface area contributed by atoms with Gasteiger partial charge in [0.05, 0.1) is 31.3 Å². The van der Waals surface area contributed by atoms with E-state index in [1.54, 1.807) is 0 Å². The van der Waals surface area contributed by atoms with Crippen molar-refractivity contribution in [1.29, 1.82) is 0 Å². The van der Waals surface area contributed by atoms with Crippen LogP contribution in [0, 0.1) is 52.3 Å². The SMILES string of the molecule is CCOC(=O)C(C)CCC[C@@H](C)C1CCC2C3C(CCC21C)C1(C)CCC2(CC1C[C@H]3OC(=O)c1ccccc1)OCCO2. The van der Waals surface area contributed by atoms with E-state index in [1.165, 1.54) is 25.7 Å². The predicted molar refractivity (Wildman–Crippen MR) is 170 cm³/mol. The lowest BCUT2D eigenvalue weighted by molar-refractivity contribution is -0.242. The van der Waals surface area contributed by atoms with E-state index in [2.05, 4.69) is 20.8 Å². The third-order valence-electron chi connectivity index (χ3n) is 13.5. The zero-order chi connectivity index (χ0) is 31.1. The molecule has 6 nitrogen and oxygen atoms in total. The zero-order valence-corrected chi connectivity index (χ0v) is 27.9. The number of ether oxygens (including phenoxy) is 4. The average molecular weight is 609 g/mol. The fourth-order valence-corrected chi connectivity index (χ4v) is 11.1. The minimum absolute atomic E-state index is 0.0323. The molecule has 5 aliphatic rings. The van der Waals surface area contributed by atoms with Crippen LogP contribution in [0.2, 0.25) is 0 Å². The third kappa shape index (κ3) is 5.76. The Morgan fingerprint density at radius 1 is 0.932 bits per heavy atom. The lowest BCUT2D eigenvalue weighted by Gasteiger charge is -2.63. The molecule has 1 aromatic rings. The highest BCUT2D eigenvalue weighted by Crippen LogP contribution is 2.69. The van der Waals surface area contributed by atoms with Crippen molar-refractivity contribution in [1.82, 2.24) is 0 Å². The molecule has 244 valence electrons. The van der Waals surface area contributed by atoms with Gasteiger partial charge in [-0.1, -0.05) is 58.7 Å². The van der Waals surface area contributed by atoms with Crippen LogP contribution < -0.4 is 0 Å². The van der Waals surface area contributed by atoms with Crippen molar-refractivity contribution in [3.63, 3.8) is 0 Å². The molecule has 1 saturated heterocycles. The van der Waals surface area contributed by atoms with E-state index >= 15 is 0 Å². The largest absolute Gasteiger partial charge is 0.466 e. The van der Waals surface area contributed by atoms with Crippen LogP contribution in [0.1, 0.15) is 116 Å². The number of hydrogen-bond donors (Lipinski definition) is 0. The first-order valence-electron chi connectivity index (χ1n) is 17.8. The van der Waals surface area contributed by atoms with Gasteiger partial charge in [0, 0.05) is 18.8 Å². The second-order valence-electron chi connectivity index (χ2n) is 15.6. The summed E-state index contributed by atoms with van der Waals surface area (Å²) < 4.78 is 24.3. The van der Waals surface area contributed by atoms with E-state index in [0.717, 1.165) is 44.9 Å².